The maximum Gasteiger partial charge on any atom is 0.123 e. The average Bonchev–Trinajstić information content (AvgIpc) is 2.18. The first-order chi connectivity index (χ1) is 6.75. The molecule has 1 aromatic carbocycles. The van der Waals surface area contributed by atoms with Gasteiger partial charge in [-0.05, 0) is 23.8 Å². The van der Waals surface area contributed by atoms with Gasteiger partial charge in [0, 0.05) is 11.8 Å². The van der Waals surface area contributed by atoms with Crippen LogP contribution in [0.2, 0.25) is 0 Å². The smallest absolute Gasteiger partial charge is 0.123 e. The third-order valence-corrected chi connectivity index (χ3v) is 2.02. The predicted molar refractivity (Wildman–Crippen MR) is 53.1 cm³/mol. The minimum atomic E-state index is -0.276. The topological polar surface area (TPSA) is 32.3 Å². The van der Waals surface area contributed by atoms with Gasteiger partial charge in [-0.25, -0.2) is 4.39 Å². The molecular formula is C11H10FNO. The molecule has 14 heavy (non-hydrogen) atoms. The Morgan fingerprint density at radius 3 is 2.93 bits per heavy atom. The summed E-state index contributed by atoms with van der Waals surface area (Å²) in [5.74, 6) is -0.0198. The second-order valence-electron chi connectivity index (χ2n) is 3.13. The fourth-order valence-electron chi connectivity index (χ4n) is 1.37. The van der Waals surface area contributed by atoms with Crippen LogP contribution in [0.5, 0.6) is 0 Å². The summed E-state index contributed by atoms with van der Waals surface area (Å²) in [4.78, 5) is 0. The highest BCUT2D eigenvalue weighted by Gasteiger charge is 2.05. The van der Waals surface area contributed by atoms with Gasteiger partial charge in [0.2, 0.25) is 0 Å². The van der Waals surface area contributed by atoms with Crippen molar-refractivity contribution in [3.8, 4) is 0 Å². The quantitative estimate of drug-likeness (QED) is 0.713. The molecule has 2 rings (SSSR count). The van der Waals surface area contributed by atoms with Crippen LogP contribution in [0.15, 0.2) is 42.3 Å². The predicted octanol–water partition coefficient (Wildman–Crippen LogP) is 2.21. The molecule has 0 amide bonds. The van der Waals surface area contributed by atoms with Crippen LogP contribution in [0, 0.1) is 5.82 Å². The fraction of sp³-hybridized carbons (Fsp3) is 0.0909. The molecule has 0 saturated carbocycles. The van der Waals surface area contributed by atoms with Gasteiger partial charge < -0.3 is 10.4 Å². The van der Waals surface area contributed by atoms with Crippen molar-refractivity contribution in [1.82, 2.24) is 5.32 Å². The van der Waals surface area contributed by atoms with E-state index in [1.807, 2.05) is 0 Å². The van der Waals surface area contributed by atoms with Gasteiger partial charge in [0.05, 0.1) is 6.54 Å². The lowest BCUT2D eigenvalue weighted by Crippen LogP contribution is -2.14. The van der Waals surface area contributed by atoms with E-state index in [0.717, 1.165) is 11.1 Å². The van der Waals surface area contributed by atoms with E-state index in [-0.39, 0.29) is 11.6 Å². The summed E-state index contributed by atoms with van der Waals surface area (Å²) in [6.07, 6.45) is 3.39. The zero-order chi connectivity index (χ0) is 9.97. The highest BCUT2D eigenvalue weighted by Crippen LogP contribution is 2.19. The molecule has 72 valence electrons. The van der Waals surface area contributed by atoms with Gasteiger partial charge in [0.25, 0.3) is 0 Å². The maximum absolute atomic E-state index is 12.9. The molecule has 0 aromatic heterocycles. The minimum absolute atomic E-state index is 0.256. The monoisotopic (exact) mass is 191 g/mol. The number of aliphatic hydroxyl groups is 1. The Bertz CT molecular complexity index is 410. The molecule has 1 aromatic rings. The van der Waals surface area contributed by atoms with E-state index in [9.17, 15) is 9.50 Å². The molecule has 2 nitrogen and oxygen atoms in total. The van der Waals surface area contributed by atoms with E-state index < -0.39 is 0 Å². The summed E-state index contributed by atoms with van der Waals surface area (Å²) in [6, 6.07) is 6.27. The van der Waals surface area contributed by atoms with Crippen molar-refractivity contribution in [2.75, 3.05) is 6.54 Å². The van der Waals surface area contributed by atoms with Crippen LogP contribution in [0.3, 0.4) is 0 Å². The molecule has 0 atom stereocenters. The number of aliphatic hydroxyl groups excluding tert-OH is 1. The zero-order valence-corrected chi connectivity index (χ0v) is 7.50. The summed E-state index contributed by atoms with van der Waals surface area (Å²) < 4.78 is 12.9. The first-order valence-electron chi connectivity index (χ1n) is 4.35. The third-order valence-electron chi connectivity index (χ3n) is 2.02. The number of benzene rings is 1. The second kappa shape index (κ2) is 3.54. The number of halogens is 1. The lowest BCUT2D eigenvalue weighted by molar-refractivity contribution is 0.395. The van der Waals surface area contributed by atoms with Gasteiger partial charge in [0.1, 0.15) is 11.6 Å². The zero-order valence-electron chi connectivity index (χ0n) is 7.50. The van der Waals surface area contributed by atoms with Crippen molar-refractivity contribution >= 4 is 5.57 Å². The largest absolute Gasteiger partial charge is 0.510 e. The van der Waals surface area contributed by atoms with E-state index in [1.165, 1.54) is 12.1 Å². The van der Waals surface area contributed by atoms with Gasteiger partial charge in [0.15, 0.2) is 0 Å². The molecule has 2 N–H and O–H groups in total. The molecule has 0 saturated heterocycles. The third kappa shape index (κ3) is 1.76. The Balaban J connectivity index is 2.36. The van der Waals surface area contributed by atoms with E-state index in [4.69, 9.17) is 0 Å². The minimum Gasteiger partial charge on any atom is -0.510 e. The lowest BCUT2D eigenvalue weighted by atomic mass is 10.0. The molecule has 0 unspecified atom stereocenters. The highest BCUT2D eigenvalue weighted by molar-refractivity contribution is 5.75. The van der Waals surface area contributed by atoms with Crippen LogP contribution in [0.4, 0.5) is 4.39 Å². The fourth-order valence-corrected chi connectivity index (χ4v) is 1.37. The van der Waals surface area contributed by atoms with Crippen molar-refractivity contribution in [3.63, 3.8) is 0 Å². The van der Waals surface area contributed by atoms with E-state index in [0.29, 0.717) is 6.54 Å². The van der Waals surface area contributed by atoms with Crippen molar-refractivity contribution < 1.29 is 9.50 Å². The molecule has 1 aliphatic rings. The Hall–Kier alpha value is -1.77. The highest BCUT2D eigenvalue weighted by atomic mass is 19.1. The van der Waals surface area contributed by atoms with Gasteiger partial charge in [-0.15, -0.1) is 0 Å². The van der Waals surface area contributed by atoms with E-state index >= 15 is 0 Å². The van der Waals surface area contributed by atoms with Gasteiger partial charge in [-0.1, -0.05) is 12.1 Å². The molecule has 0 spiro atoms. The van der Waals surface area contributed by atoms with Crippen LogP contribution in [-0.2, 0) is 0 Å². The molecule has 0 bridgehead atoms. The van der Waals surface area contributed by atoms with Crippen molar-refractivity contribution in [2.45, 2.75) is 0 Å². The number of nitrogens with one attached hydrogen (secondary N) is 1. The molecule has 0 aliphatic carbocycles. The standard InChI is InChI=1S/C11H10FNO/c12-10-3-1-2-8(4-10)9-5-11(14)7-13-6-9/h1-6,13-14H,7H2. The Kier molecular flexibility index (Phi) is 2.23. The molecule has 0 radical (unpaired) electrons. The maximum atomic E-state index is 12.9. The summed E-state index contributed by atoms with van der Waals surface area (Å²) in [6.45, 7) is 0.429. The van der Waals surface area contributed by atoms with Gasteiger partial charge in [-0.3, -0.25) is 0 Å². The average molecular weight is 191 g/mol. The molecule has 1 aliphatic heterocycles. The van der Waals surface area contributed by atoms with Crippen LogP contribution in [0.1, 0.15) is 5.56 Å². The summed E-state index contributed by atoms with van der Waals surface area (Å²) in [5, 5.41) is 12.2. The summed E-state index contributed by atoms with van der Waals surface area (Å²) in [7, 11) is 0. The normalized spacial score (nSPS) is 15.5. The van der Waals surface area contributed by atoms with Crippen LogP contribution >= 0.6 is 0 Å². The van der Waals surface area contributed by atoms with E-state index in [2.05, 4.69) is 5.32 Å². The second-order valence-corrected chi connectivity index (χ2v) is 3.13. The Morgan fingerprint density at radius 1 is 1.36 bits per heavy atom. The van der Waals surface area contributed by atoms with Crippen LogP contribution in [0.25, 0.3) is 5.57 Å². The number of hydrogen-bond acceptors (Lipinski definition) is 2. The molecule has 1 heterocycles. The molecular weight excluding hydrogens is 181 g/mol. The molecule has 3 heteroatoms. The van der Waals surface area contributed by atoms with Crippen LogP contribution in [-0.4, -0.2) is 11.7 Å². The first-order valence-corrected chi connectivity index (χ1v) is 4.35. The number of dihydropyridines is 1. The van der Waals surface area contributed by atoms with E-state index in [1.54, 1.807) is 24.4 Å². The molecule has 0 fully saturated rings. The van der Waals surface area contributed by atoms with Gasteiger partial charge >= 0.3 is 0 Å². The summed E-state index contributed by atoms with van der Waals surface area (Å²) >= 11 is 0. The lowest BCUT2D eigenvalue weighted by Gasteiger charge is -2.11. The number of rotatable bonds is 1. The SMILES string of the molecule is OC1=CC(c2cccc(F)c2)=CNC1. The number of allylic oxidation sites excluding steroid dienone is 2. The Labute approximate surface area is 81.4 Å². The summed E-state index contributed by atoms with van der Waals surface area (Å²) in [5.41, 5.74) is 1.54. The Morgan fingerprint density at radius 2 is 2.21 bits per heavy atom. The van der Waals surface area contributed by atoms with Crippen LogP contribution < -0.4 is 5.32 Å². The van der Waals surface area contributed by atoms with Crippen molar-refractivity contribution in [1.29, 1.82) is 0 Å². The van der Waals surface area contributed by atoms with Crippen molar-refractivity contribution in [3.05, 3.63) is 53.7 Å². The van der Waals surface area contributed by atoms with Gasteiger partial charge in [-0.2, -0.15) is 0 Å². The van der Waals surface area contributed by atoms with Crippen molar-refractivity contribution in [2.24, 2.45) is 0 Å². The number of hydrogen-bond donors (Lipinski definition) is 2. The first kappa shape index (κ1) is 8.81.